The second-order valence-electron chi connectivity index (χ2n) is 8.63. The van der Waals surface area contributed by atoms with E-state index in [2.05, 4.69) is 5.32 Å². The molecule has 0 aromatic heterocycles. The molecule has 7 nitrogen and oxygen atoms in total. The molecule has 2 amide bonds. The van der Waals surface area contributed by atoms with Crippen molar-refractivity contribution >= 4 is 35.0 Å². The second-order valence-corrected chi connectivity index (χ2v) is 9.65. The number of ether oxygens (including phenoxy) is 2. The highest BCUT2D eigenvalue weighted by molar-refractivity contribution is 8.18. The summed E-state index contributed by atoms with van der Waals surface area (Å²) in [5.41, 5.74) is 3.92. The molecule has 172 valence electrons. The summed E-state index contributed by atoms with van der Waals surface area (Å²) in [6.07, 6.45) is 2.97. The predicted octanol–water partition coefficient (Wildman–Crippen LogP) is 4.58. The van der Waals surface area contributed by atoms with Gasteiger partial charge in [0.05, 0.1) is 10.5 Å². The molecule has 1 saturated heterocycles. The lowest BCUT2D eigenvalue weighted by atomic mass is 9.87. The van der Waals surface area contributed by atoms with Gasteiger partial charge in [-0.15, -0.1) is 0 Å². The lowest BCUT2D eigenvalue weighted by molar-refractivity contribution is -0.115. The average Bonchev–Trinajstić information content (AvgIpc) is 3.11. The van der Waals surface area contributed by atoms with Crippen LogP contribution in [0.5, 0.6) is 11.5 Å². The van der Waals surface area contributed by atoms with Crippen molar-refractivity contribution in [2.24, 2.45) is 0 Å². The molecule has 2 aliphatic rings. The van der Waals surface area contributed by atoms with Crippen LogP contribution < -0.4 is 10.1 Å². The number of aromatic hydroxyl groups is 1. The number of nitrogens with one attached hydrogen (secondary N) is 1. The van der Waals surface area contributed by atoms with Gasteiger partial charge in [-0.3, -0.25) is 14.9 Å². The van der Waals surface area contributed by atoms with E-state index in [1.165, 1.54) is 0 Å². The number of esters is 1. The molecule has 0 spiro atoms. The van der Waals surface area contributed by atoms with Gasteiger partial charge in [0.1, 0.15) is 23.7 Å². The highest BCUT2D eigenvalue weighted by Gasteiger charge is 2.36. The van der Waals surface area contributed by atoms with Crippen LogP contribution in [0.1, 0.15) is 51.5 Å². The summed E-state index contributed by atoms with van der Waals surface area (Å²) in [6, 6.07) is 6.62. The number of carbonyl (C=O) groups is 3. The van der Waals surface area contributed by atoms with E-state index in [1.807, 2.05) is 27.7 Å². The largest absolute Gasteiger partial charge is 0.507 e. The Morgan fingerprint density at radius 3 is 2.52 bits per heavy atom. The van der Waals surface area contributed by atoms with Crippen LogP contribution in [-0.4, -0.2) is 34.4 Å². The molecular weight excluding hydrogens is 442 g/mol. The van der Waals surface area contributed by atoms with Crippen molar-refractivity contribution in [3.63, 3.8) is 0 Å². The van der Waals surface area contributed by atoms with Crippen molar-refractivity contribution in [1.82, 2.24) is 5.32 Å². The quantitative estimate of drug-likeness (QED) is 0.501. The molecular formula is C25H25NO6S. The maximum atomic E-state index is 12.6. The Hall–Kier alpha value is -3.26. The summed E-state index contributed by atoms with van der Waals surface area (Å²) >= 11 is 0.843. The van der Waals surface area contributed by atoms with Crippen LogP contribution in [0.25, 0.3) is 6.08 Å². The highest BCUT2D eigenvalue weighted by Crippen LogP contribution is 2.43. The standard InChI is InChI=1S/C25H25NO6S/c1-13-14(2)21-18(15(3)20(13)27)9-10-25(4,32-21)12-31-23(29)17-7-5-16(6-8-17)11-19-22(28)26-24(30)33-19/h5-8,11,27H,9-10,12H2,1-4H3,(H,26,28,30)/b19-11-/t25-/m1/s1. The zero-order valence-corrected chi connectivity index (χ0v) is 19.7. The summed E-state index contributed by atoms with van der Waals surface area (Å²) in [4.78, 5) is 35.8. The normalized spacial score (nSPS) is 20.9. The molecule has 1 fully saturated rings. The van der Waals surface area contributed by atoms with Gasteiger partial charge >= 0.3 is 5.97 Å². The number of imide groups is 1. The Bertz CT molecular complexity index is 1200. The van der Waals surface area contributed by atoms with E-state index < -0.39 is 22.7 Å². The van der Waals surface area contributed by atoms with Crippen molar-refractivity contribution in [2.45, 2.75) is 46.1 Å². The third-order valence-corrected chi connectivity index (χ3v) is 7.00. The maximum Gasteiger partial charge on any atom is 0.338 e. The molecule has 2 N–H and O–H groups in total. The molecule has 2 aliphatic heterocycles. The number of amides is 2. The van der Waals surface area contributed by atoms with Gasteiger partial charge in [0.15, 0.2) is 0 Å². The Morgan fingerprint density at radius 1 is 1.18 bits per heavy atom. The molecule has 2 aromatic carbocycles. The first-order valence-corrected chi connectivity index (χ1v) is 11.4. The Kier molecular flexibility index (Phi) is 5.97. The fourth-order valence-corrected chi connectivity index (χ4v) is 4.67. The first-order valence-electron chi connectivity index (χ1n) is 10.6. The van der Waals surface area contributed by atoms with Crippen LogP contribution >= 0.6 is 11.8 Å². The van der Waals surface area contributed by atoms with E-state index in [0.29, 0.717) is 28.2 Å². The van der Waals surface area contributed by atoms with Gasteiger partial charge in [-0.2, -0.15) is 0 Å². The monoisotopic (exact) mass is 467 g/mol. The average molecular weight is 468 g/mol. The molecule has 2 aromatic rings. The Morgan fingerprint density at radius 2 is 1.88 bits per heavy atom. The van der Waals surface area contributed by atoms with E-state index in [4.69, 9.17) is 9.47 Å². The predicted molar refractivity (Wildman–Crippen MR) is 126 cm³/mol. The van der Waals surface area contributed by atoms with Crippen LogP contribution in [-0.2, 0) is 16.0 Å². The molecule has 0 aliphatic carbocycles. The number of fused-ring (bicyclic) bond motifs is 1. The topological polar surface area (TPSA) is 102 Å². The molecule has 0 radical (unpaired) electrons. The van der Waals surface area contributed by atoms with Crippen molar-refractivity contribution in [1.29, 1.82) is 0 Å². The molecule has 1 atom stereocenters. The van der Waals surface area contributed by atoms with Crippen molar-refractivity contribution < 1.29 is 29.0 Å². The minimum Gasteiger partial charge on any atom is -0.507 e. The van der Waals surface area contributed by atoms with Crippen LogP contribution in [0, 0.1) is 20.8 Å². The SMILES string of the molecule is Cc1c(C)c2c(c(C)c1O)CC[C@](C)(COC(=O)c1ccc(/C=C3\SC(=O)NC3=O)cc1)O2. The van der Waals surface area contributed by atoms with Crippen LogP contribution in [0.15, 0.2) is 29.2 Å². The number of phenolic OH excluding ortho intramolecular Hbond substituents is 1. The summed E-state index contributed by atoms with van der Waals surface area (Å²) in [6.45, 7) is 7.69. The minimum absolute atomic E-state index is 0.0917. The van der Waals surface area contributed by atoms with E-state index in [0.717, 1.165) is 46.2 Å². The number of hydrogen-bond donors (Lipinski definition) is 2. The zero-order chi connectivity index (χ0) is 23.9. The zero-order valence-electron chi connectivity index (χ0n) is 18.9. The van der Waals surface area contributed by atoms with Gasteiger partial charge < -0.3 is 14.6 Å². The molecule has 8 heteroatoms. The van der Waals surface area contributed by atoms with E-state index in [1.54, 1.807) is 30.3 Å². The summed E-state index contributed by atoms with van der Waals surface area (Å²) in [7, 11) is 0. The molecule has 0 bridgehead atoms. The first kappa shape index (κ1) is 22.9. The van der Waals surface area contributed by atoms with Crippen LogP contribution in [0.4, 0.5) is 4.79 Å². The van der Waals surface area contributed by atoms with E-state index >= 15 is 0 Å². The summed E-state index contributed by atoms with van der Waals surface area (Å²) in [5.74, 6) is 0.175. The molecule has 4 rings (SSSR count). The minimum atomic E-state index is -0.673. The molecule has 2 heterocycles. The number of hydrogen-bond acceptors (Lipinski definition) is 7. The van der Waals surface area contributed by atoms with Gasteiger partial charge in [0.2, 0.25) is 0 Å². The van der Waals surface area contributed by atoms with E-state index in [-0.39, 0.29) is 6.61 Å². The lowest BCUT2D eigenvalue weighted by Crippen LogP contribution is -2.42. The van der Waals surface area contributed by atoms with Crippen molar-refractivity contribution in [2.75, 3.05) is 6.61 Å². The Labute approximate surface area is 196 Å². The third kappa shape index (κ3) is 4.48. The highest BCUT2D eigenvalue weighted by atomic mass is 32.2. The van der Waals surface area contributed by atoms with Crippen molar-refractivity contribution in [3.8, 4) is 11.5 Å². The molecule has 0 saturated carbocycles. The fraction of sp³-hybridized carbons (Fsp3) is 0.320. The Balaban J connectivity index is 1.42. The number of phenols is 1. The number of thioether (sulfide) groups is 1. The smallest absolute Gasteiger partial charge is 0.338 e. The van der Waals surface area contributed by atoms with Gasteiger partial charge in [-0.25, -0.2) is 4.79 Å². The lowest BCUT2D eigenvalue weighted by Gasteiger charge is -2.37. The van der Waals surface area contributed by atoms with Crippen LogP contribution in [0.2, 0.25) is 0 Å². The van der Waals surface area contributed by atoms with Gasteiger partial charge in [0.25, 0.3) is 11.1 Å². The maximum absolute atomic E-state index is 12.6. The first-order chi connectivity index (χ1) is 15.6. The van der Waals surface area contributed by atoms with Crippen molar-refractivity contribution in [3.05, 3.63) is 62.6 Å². The fourth-order valence-electron chi connectivity index (χ4n) is 3.99. The van der Waals surface area contributed by atoms with E-state index in [9.17, 15) is 19.5 Å². The van der Waals surface area contributed by atoms with Gasteiger partial charge in [-0.1, -0.05) is 12.1 Å². The van der Waals surface area contributed by atoms with Gasteiger partial charge in [0, 0.05) is 5.56 Å². The summed E-state index contributed by atoms with van der Waals surface area (Å²) in [5, 5.41) is 12.1. The molecule has 0 unspecified atom stereocenters. The molecule has 33 heavy (non-hydrogen) atoms. The number of carbonyl (C=O) groups excluding carboxylic acids is 3. The number of benzene rings is 2. The summed E-state index contributed by atoms with van der Waals surface area (Å²) < 4.78 is 11.9. The number of rotatable bonds is 4. The third-order valence-electron chi connectivity index (χ3n) is 6.19. The van der Waals surface area contributed by atoms with Crippen LogP contribution in [0.3, 0.4) is 0 Å². The second kappa shape index (κ2) is 8.59. The van der Waals surface area contributed by atoms with Gasteiger partial charge in [-0.05, 0) is 92.8 Å².